The summed E-state index contributed by atoms with van der Waals surface area (Å²) in [4.78, 5) is 13.2. The first-order valence-corrected chi connectivity index (χ1v) is 6.79. The molecule has 1 aliphatic rings. The lowest BCUT2D eigenvalue weighted by atomic mass is 9.69. The van der Waals surface area contributed by atoms with Crippen molar-refractivity contribution < 1.29 is 18.7 Å². The number of carbonyl (C=O) groups is 1. The lowest BCUT2D eigenvalue weighted by molar-refractivity contribution is -0.145. The van der Waals surface area contributed by atoms with Gasteiger partial charge in [0.1, 0.15) is 0 Å². The Morgan fingerprint density at radius 3 is 2.30 bits per heavy atom. The van der Waals surface area contributed by atoms with Gasteiger partial charge in [-0.1, -0.05) is 19.3 Å². The van der Waals surface area contributed by atoms with E-state index in [9.17, 15) is 18.7 Å². The third-order valence-corrected chi connectivity index (χ3v) is 4.16. The lowest BCUT2D eigenvalue weighted by Crippen LogP contribution is -2.38. The van der Waals surface area contributed by atoms with Crippen LogP contribution in [0.2, 0.25) is 0 Å². The molecule has 1 aliphatic carbocycles. The maximum Gasteiger partial charge on any atom is 0.314 e. The van der Waals surface area contributed by atoms with Crippen LogP contribution in [0.3, 0.4) is 0 Å². The first-order chi connectivity index (χ1) is 9.38. The summed E-state index contributed by atoms with van der Waals surface area (Å²) in [5, 5.41) is 9.60. The van der Waals surface area contributed by atoms with Crippen LogP contribution in [-0.4, -0.2) is 25.2 Å². The van der Waals surface area contributed by atoms with Crippen molar-refractivity contribution >= 4 is 11.7 Å². The number of hydrogen-bond donors (Lipinski definition) is 1. The predicted molar refractivity (Wildman–Crippen MR) is 73.1 cm³/mol. The topological polar surface area (TPSA) is 40.5 Å². The number of benzene rings is 1. The van der Waals surface area contributed by atoms with Crippen molar-refractivity contribution in [3.05, 3.63) is 29.3 Å². The van der Waals surface area contributed by atoms with Gasteiger partial charge in [0.15, 0.2) is 11.6 Å². The molecule has 3 nitrogen and oxygen atoms in total. The highest BCUT2D eigenvalue weighted by atomic mass is 19.2. The third kappa shape index (κ3) is 2.37. The van der Waals surface area contributed by atoms with E-state index in [4.69, 9.17) is 0 Å². The third-order valence-electron chi connectivity index (χ3n) is 4.16. The summed E-state index contributed by atoms with van der Waals surface area (Å²) in [5.41, 5.74) is -0.629. The number of carboxylic acid groups (broad SMARTS) is 1. The zero-order valence-corrected chi connectivity index (χ0v) is 11.7. The Labute approximate surface area is 117 Å². The summed E-state index contributed by atoms with van der Waals surface area (Å²) in [6, 6.07) is 2.51. The summed E-state index contributed by atoms with van der Waals surface area (Å²) in [5.74, 6) is -2.87. The molecule has 0 aromatic heterocycles. The van der Waals surface area contributed by atoms with Crippen molar-refractivity contribution in [2.24, 2.45) is 0 Å². The second kappa shape index (κ2) is 5.38. The first-order valence-electron chi connectivity index (χ1n) is 6.79. The van der Waals surface area contributed by atoms with E-state index >= 15 is 0 Å². The summed E-state index contributed by atoms with van der Waals surface area (Å²) in [6.07, 6.45) is 3.52. The van der Waals surface area contributed by atoms with Crippen LogP contribution in [0.4, 0.5) is 14.5 Å². The highest BCUT2D eigenvalue weighted by Gasteiger charge is 2.42. The minimum atomic E-state index is -1.09. The number of anilines is 1. The van der Waals surface area contributed by atoms with Gasteiger partial charge >= 0.3 is 5.97 Å². The Bertz CT molecular complexity index is 523. The van der Waals surface area contributed by atoms with Gasteiger partial charge in [-0.15, -0.1) is 0 Å². The minimum absolute atomic E-state index is 0.0891. The average Bonchev–Trinajstić information content (AvgIpc) is 2.41. The van der Waals surface area contributed by atoms with Gasteiger partial charge in [0.25, 0.3) is 0 Å². The van der Waals surface area contributed by atoms with Crippen molar-refractivity contribution in [1.29, 1.82) is 0 Å². The number of rotatable bonds is 3. The van der Waals surface area contributed by atoms with Crippen LogP contribution < -0.4 is 4.90 Å². The van der Waals surface area contributed by atoms with Crippen molar-refractivity contribution in [2.75, 3.05) is 19.0 Å². The molecule has 0 heterocycles. The van der Waals surface area contributed by atoms with Crippen LogP contribution in [0.1, 0.15) is 37.7 Å². The van der Waals surface area contributed by atoms with E-state index in [1.165, 1.54) is 11.0 Å². The Balaban J connectivity index is 2.57. The minimum Gasteiger partial charge on any atom is -0.481 e. The van der Waals surface area contributed by atoms with Gasteiger partial charge in [-0.2, -0.15) is 0 Å². The molecule has 1 aromatic carbocycles. The highest BCUT2D eigenvalue weighted by molar-refractivity contribution is 5.82. The Morgan fingerprint density at radius 2 is 1.80 bits per heavy atom. The maximum atomic E-state index is 13.8. The van der Waals surface area contributed by atoms with Gasteiger partial charge in [-0.05, 0) is 30.5 Å². The van der Waals surface area contributed by atoms with Crippen molar-refractivity contribution in [3.63, 3.8) is 0 Å². The molecule has 1 N–H and O–H groups in total. The molecule has 1 saturated carbocycles. The average molecular weight is 283 g/mol. The molecule has 5 heteroatoms. The Kier molecular flexibility index (Phi) is 3.97. The van der Waals surface area contributed by atoms with E-state index < -0.39 is 23.0 Å². The molecular formula is C15H19F2NO2. The molecule has 0 radical (unpaired) electrons. The second-order valence-electron chi connectivity index (χ2n) is 5.63. The van der Waals surface area contributed by atoms with Crippen LogP contribution in [0.15, 0.2) is 12.1 Å². The van der Waals surface area contributed by atoms with E-state index in [0.717, 1.165) is 25.3 Å². The van der Waals surface area contributed by atoms with Crippen LogP contribution in [-0.2, 0) is 10.2 Å². The number of carboxylic acids is 1. The predicted octanol–water partition coefficient (Wildman–Crippen LogP) is 3.32. The molecule has 0 bridgehead atoms. The normalized spacial score (nSPS) is 17.8. The van der Waals surface area contributed by atoms with E-state index in [-0.39, 0.29) is 5.69 Å². The molecule has 0 unspecified atom stereocenters. The SMILES string of the molecule is CN(C)c1cc(C2(C(=O)O)CCCCC2)cc(F)c1F. The fraction of sp³-hybridized carbons (Fsp3) is 0.533. The van der Waals surface area contributed by atoms with Crippen molar-refractivity contribution in [1.82, 2.24) is 0 Å². The number of nitrogens with zero attached hydrogens (tertiary/aromatic N) is 1. The quantitative estimate of drug-likeness (QED) is 0.925. The van der Waals surface area contributed by atoms with Gasteiger partial charge in [0, 0.05) is 14.1 Å². The van der Waals surface area contributed by atoms with Gasteiger partial charge in [0.2, 0.25) is 0 Å². The van der Waals surface area contributed by atoms with Crippen LogP contribution in [0.25, 0.3) is 0 Å². The lowest BCUT2D eigenvalue weighted by Gasteiger charge is -2.34. The monoisotopic (exact) mass is 283 g/mol. The number of aliphatic carboxylic acids is 1. The Hall–Kier alpha value is -1.65. The van der Waals surface area contributed by atoms with Crippen LogP contribution in [0.5, 0.6) is 0 Å². The molecule has 0 aliphatic heterocycles. The summed E-state index contributed by atoms with van der Waals surface area (Å²) >= 11 is 0. The first kappa shape index (κ1) is 14.8. The molecule has 0 saturated heterocycles. The van der Waals surface area contributed by atoms with E-state index in [1.807, 2.05) is 0 Å². The zero-order valence-electron chi connectivity index (χ0n) is 11.7. The zero-order chi connectivity index (χ0) is 14.9. The molecule has 1 fully saturated rings. The fourth-order valence-electron chi connectivity index (χ4n) is 2.96. The largest absolute Gasteiger partial charge is 0.481 e. The van der Waals surface area contributed by atoms with Crippen molar-refractivity contribution in [2.45, 2.75) is 37.5 Å². The van der Waals surface area contributed by atoms with Gasteiger partial charge < -0.3 is 10.0 Å². The van der Waals surface area contributed by atoms with Gasteiger partial charge in [0.05, 0.1) is 11.1 Å². The molecule has 0 amide bonds. The number of halogens is 2. The highest BCUT2D eigenvalue weighted by Crippen LogP contribution is 2.41. The maximum absolute atomic E-state index is 13.8. The summed E-state index contributed by atoms with van der Waals surface area (Å²) in [7, 11) is 3.21. The van der Waals surface area contributed by atoms with Crippen molar-refractivity contribution in [3.8, 4) is 0 Å². The Morgan fingerprint density at radius 1 is 1.20 bits per heavy atom. The molecule has 2 rings (SSSR count). The van der Waals surface area contributed by atoms with E-state index in [1.54, 1.807) is 14.1 Å². The number of hydrogen-bond acceptors (Lipinski definition) is 2. The second-order valence-corrected chi connectivity index (χ2v) is 5.63. The molecule has 0 atom stereocenters. The summed E-state index contributed by atoms with van der Waals surface area (Å²) in [6.45, 7) is 0. The smallest absolute Gasteiger partial charge is 0.314 e. The molecular weight excluding hydrogens is 264 g/mol. The van der Waals surface area contributed by atoms with Gasteiger partial charge in [-0.3, -0.25) is 4.79 Å². The molecule has 1 aromatic rings. The van der Waals surface area contributed by atoms with Gasteiger partial charge in [-0.25, -0.2) is 8.78 Å². The van der Waals surface area contributed by atoms with Crippen LogP contribution in [0, 0.1) is 11.6 Å². The van der Waals surface area contributed by atoms with E-state index in [0.29, 0.717) is 18.4 Å². The molecule has 110 valence electrons. The van der Waals surface area contributed by atoms with Crippen LogP contribution >= 0.6 is 0 Å². The fourth-order valence-corrected chi connectivity index (χ4v) is 2.96. The van der Waals surface area contributed by atoms with E-state index in [2.05, 4.69) is 0 Å². The molecule has 0 spiro atoms. The molecule has 20 heavy (non-hydrogen) atoms. The summed E-state index contributed by atoms with van der Waals surface area (Å²) < 4.78 is 27.6. The standard InChI is InChI=1S/C15H19F2NO2/c1-18(2)12-9-10(8-11(16)13(12)17)15(14(19)20)6-4-3-5-7-15/h8-9H,3-7H2,1-2H3,(H,19,20).